The molecule has 2 fully saturated rings. The highest BCUT2D eigenvalue weighted by Gasteiger charge is 2.41. The second kappa shape index (κ2) is 7.24. The van der Waals surface area contributed by atoms with Gasteiger partial charge >= 0.3 is 0 Å². The lowest BCUT2D eigenvalue weighted by molar-refractivity contribution is -0.116. The highest BCUT2D eigenvalue weighted by atomic mass is 35.5. The first-order valence-electron chi connectivity index (χ1n) is 9.22. The van der Waals surface area contributed by atoms with E-state index in [1.165, 1.54) is 17.3 Å². The number of rotatable bonds is 4. The second-order valence-electron chi connectivity index (χ2n) is 7.08. The smallest absolute Gasteiger partial charge is 0.259 e. The molecule has 2 aromatic carbocycles. The van der Waals surface area contributed by atoms with Gasteiger partial charge < -0.3 is 5.32 Å². The Hall–Kier alpha value is -2.34. The van der Waals surface area contributed by atoms with Gasteiger partial charge in [-0.2, -0.15) is 0 Å². The van der Waals surface area contributed by atoms with E-state index in [0.717, 1.165) is 22.9 Å². The molecule has 3 aromatic rings. The zero-order chi connectivity index (χ0) is 19.1. The molecule has 4 nitrogen and oxygen atoms in total. The number of fused-ring (bicyclic) bond motifs is 1. The minimum atomic E-state index is -0.0943. The van der Waals surface area contributed by atoms with Gasteiger partial charge in [0, 0.05) is 23.5 Å². The van der Waals surface area contributed by atoms with Crippen LogP contribution in [-0.4, -0.2) is 22.4 Å². The number of pyridine rings is 1. The van der Waals surface area contributed by atoms with Gasteiger partial charge in [0.15, 0.2) is 0 Å². The fourth-order valence-electron chi connectivity index (χ4n) is 3.59. The predicted octanol–water partition coefficient (Wildman–Crippen LogP) is 4.52. The van der Waals surface area contributed by atoms with Gasteiger partial charge in [-0.05, 0) is 41.8 Å². The summed E-state index contributed by atoms with van der Waals surface area (Å²) < 4.78 is 0. The quantitative estimate of drug-likeness (QED) is 0.624. The van der Waals surface area contributed by atoms with Crippen molar-refractivity contribution in [2.24, 2.45) is 0 Å². The van der Waals surface area contributed by atoms with Crippen molar-refractivity contribution in [3.8, 4) is 0 Å². The van der Waals surface area contributed by atoms with Gasteiger partial charge in [-0.15, -0.1) is 0 Å². The molecule has 1 unspecified atom stereocenters. The van der Waals surface area contributed by atoms with E-state index < -0.39 is 0 Å². The Morgan fingerprint density at radius 1 is 1.18 bits per heavy atom. The van der Waals surface area contributed by atoms with Crippen LogP contribution in [0.4, 0.5) is 0 Å². The molecule has 2 N–H and O–H groups in total. The predicted molar refractivity (Wildman–Crippen MR) is 115 cm³/mol. The largest absolute Gasteiger partial charge is 0.327 e. The van der Waals surface area contributed by atoms with Crippen molar-refractivity contribution in [3.63, 3.8) is 0 Å². The number of halogens is 1. The van der Waals surface area contributed by atoms with Gasteiger partial charge in [-0.25, -0.2) is 0 Å². The van der Waals surface area contributed by atoms with Crippen molar-refractivity contribution < 1.29 is 4.79 Å². The fraction of sp³-hybridized carbons (Fsp3) is 0.182. The van der Waals surface area contributed by atoms with Crippen LogP contribution < -0.4 is 10.6 Å². The number of aromatic nitrogens is 1. The molecule has 0 spiro atoms. The molecule has 5 rings (SSSR count). The molecule has 28 heavy (non-hydrogen) atoms. The summed E-state index contributed by atoms with van der Waals surface area (Å²) in [6, 6.07) is 18.5. The third kappa shape index (κ3) is 3.53. The summed E-state index contributed by atoms with van der Waals surface area (Å²) in [7, 11) is 0. The van der Waals surface area contributed by atoms with Gasteiger partial charge in [0.25, 0.3) is 5.91 Å². The highest BCUT2D eigenvalue weighted by molar-refractivity contribution is 8.05. The minimum absolute atomic E-state index is 0.0446. The monoisotopic (exact) mass is 407 g/mol. The standard InChI is InChI=1S/C22H18ClN3OS/c23-17-8-9-24-18-7-6-13(10-16(17)18)11-20-21(27)26-22(28-20)25-19-12-15(19)14-4-2-1-3-5-14/h1-11,15,19,22,25H,12H2,(H,26,27)/b20-11-/t15-,19+,22?/m1/s1. The van der Waals surface area contributed by atoms with Crippen LogP contribution in [0.5, 0.6) is 0 Å². The van der Waals surface area contributed by atoms with Crippen molar-refractivity contribution in [3.05, 3.63) is 81.8 Å². The Morgan fingerprint density at radius 3 is 2.89 bits per heavy atom. The lowest BCUT2D eigenvalue weighted by atomic mass is 10.1. The van der Waals surface area contributed by atoms with E-state index in [0.29, 0.717) is 21.9 Å². The molecular weight excluding hydrogens is 390 g/mol. The van der Waals surface area contributed by atoms with Gasteiger partial charge in [-0.1, -0.05) is 59.8 Å². The molecule has 1 amide bonds. The number of thioether (sulfide) groups is 1. The van der Waals surface area contributed by atoms with Crippen LogP contribution in [0.2, 0.25) is 5.02 Å². The Balaban J connectivity index is 1.29. The average molecular weight is 408 g/mol. The molecule has 6 heteroatoms. The molecular formula is C22H18ClN3OS. The van der Waals surface area contributed by atoms with Crippen LogP contribution in [0, 0.1) is 0 Å². The normalized spacial score (nSPS) is 25.2. The van der Waals surface area contributed by atoms with Gasteiger partial charge in [0.2, 0.25) is 0 Å². The van der Waals surface area contributed by atoms with E-state index in [2.05, 4.69) is 39.9 Å². The number of carbonyl (C=O) groups excluding carboxylic acids is 1. The van der Waals surface area contributed by atoms with Gasteiger partial charge in [-0.3, -0.25) is 15.1 Å². The molecule has 0 bridgehead atoms. The van der Waals surface area contributed by atoms with Gasteiger partial charge in [0.05, 0.1) is 15.4 Å². The van der Waals surface area contributed by atoms with Crippen LogP contribution in [0.1, 0.15) is 23.5 Å². The van der Waals surface area contributed by atoms with Crippen molar-refractivity contribution >= 4 is 46.2 Å². The average Bonchev–Trinajstić information content (AvgIpc) is 3.39. The summed E-state index contributed by atoms with van der Waals surface area (Å²) in [5.74, 6) is 0.485. The molecule has 2 heterocycles. The van der Waals surface area contributed by atoms with E-state index >= 15 is 0 Å². The highest BCUT2D eigenvalue weighted by Crippen LogP contribution is 2.42. The number of benzene rings is 2. The Kier molecular flexibility index (Phi) is 4.59. The maximum atomic E-state index is 12.4. The molecule has 1 aliphatic carbocycles. The molecule has 1 aliphatic heterocycles. The maximum absolute atomic E-state index is 12.4. The Morgan fingerprint density at radius 2 is 2.04 bits per heavy atom. The third-order valence-electron chi connectivity index (χ3n) is 5.12. The van der Waals surface area contributed by atoms with Crippen molar-refractivity contribution in [2.75, 3.05) is 0 Å². The third-order valence-corrected chi connectivity index (χ3v) is 6.50. The summed E-state index contributed by atoms with van der Waals surface area (Å²) in [6.07, 6.45) is 4.71. The van der Waals surface area contributed by atoms with Crippen LogP contribution in [-0.2, 0) is 4.79 Å². The van der Waals surface area contributed by atoms with Crippen LogP contribution in [0.25, 0.3) is 17.0 Å². The maximum Gasteiger partial charge on any atom is 0.259 e. The topological polar surface area (TPSA) is 54.0 Å². The summed E-state index contributed by atoms with van der Waals surface area (Å²) >= 11 is 7.80. The van der Waals surface area contributed by atoms with Crippen LogP contribution in [0.15, 0.2) is 65.7 Å². The summed E-state index contributed by atoms with van der Waals surface area (Å²) in [5.41, 5.74) is 3.04. The minimum Gasteiger partial charge on any atom is -0.327 e. The Labute approximate surface area is 172 Å². The van der Waals surface area contributed by atoms with Crippen molar-refractivity contribution in [1.29, 1.82) is 0 Å². The van der Waals surface area contributed by atoms with Crippen LogP contribution in [0.3, 0.4) is 0 Å². The first-order chi connectivity index (χ1) is 13.7. The summed E-state index contributed by atoms with van der Waals surface area (Å²) in [5, 5.41) is 8.12. The number of nitrogens with one attached hydrogen (secondary N) is 2. The molecule has 140 valence electrons. The van der Waals surface area contributed by atoms with E-state index in [1.54, 1.807) is 12.3 Å². The first kappa shape index (κ1) is 17.7. The lowest BCUT2D eigenvalue weighted by Crippen LogP contribution is -2.39. The number of amides is 1. The number of nitrogens with zero attached hydrogens (tertiary/aromatic N) is 1. The second-order valence-corrected chi connectivity index (χ2v) is 8.63. The Bertz CT molecular complexity index is 1090. The number of carbonyl (C=O) groups is 1. The molecule has 1 saturated carbocycles. The van der Waals surface area contributed by atoms with Gasteiger partial charge in [0.1, 0.15) is 5.50 Å². The lowest BCUT2D eigenvalue weighted by Gasteiger charge is -2.10. The van der Waals surface area contributed by atoms with E-state index in [4.69, 9.17) is 11.6 Å². The zero-order valence-electron chi connectivity index (χ0n) is 14.9. The van der Waals surface area contributed by atoms with Crippen molar-refractivity contribution in [2.45, 2.75) is 23.9 Å². The van der Waals surface area contributed by atoms with E-state index in [1.807, 2.05) is 30.3 Å². The fourth-order valence-corrected chi connectivity index (χ4v) is 4.83. The van der Waals surface area contributed by atoms with E-state index in [9.17, 15) is 4.79 Å². The van der Waals surface area contributed by atoms with Crippen LogP contribution >= 0.6 is 23.4 Å². The molecule has 3 atom stereocenters. The number of hydrogen-bond acceptors (Lipinski definition) is 4. The van der Waals surface area contributed by atoms with E-state index in [-0.39, 0.29) is 11.4 Å². The SMILES string of the molecule is O=C1NC(N[C@H]2C[C@@H]2c2ccccc2)S/C1=C\c1ccc2nccc(Cl)c2c1. The van der Waals surface area contributed by atoms with Crippen molar-refractivity contribution in [1.82, 2.24) is 15.6 Å². The first-order valence-corrected chi connectivity index (χ1v) is 10.5. The molecule has 0 radical (unpaired) electrons. The summed E-state index contributed by atoms with van der Waals surface area (Å²) in [6.45, 7) is 0. The zero-order valence-corrected chi connectivity index (χ0v) is 16.5. The molecule has 1 saturated heterocycles. The summed E-state index contributed by atoms with van der Waals surface area (Å²) in [4.78, 5) is 17.4. The molecule has 2 aliphatic rings. The number of hydrogen-bond donors (Lipinski definition) is 2. The molecule has 1 aromatic heterocycles.